The van der Waals surface area contributed by atoms with Crippen LogP contribution in [0.2, 0.25) is 19.6 Å². The fraction of sp³-hybridized carbons (Fsp3) is 0.341. The van der Waals surface area contributed by atoms with Crippen molar-refractivity contribution in [2.75, 3.05) is 0 Å². The predicted molar refractivity (Wildman–Crippen MR) is 379 cm³/mol. The SMILES string of the molecule is Cc1cc(C)c(C)c(C)c1.Cc1cc(C)c(C)c(C)c1.Cc1ccc(C)c(C)c1.Cc1ccc(C)c(C)c1.Cc1ccc([Si](C)(C)C)cc1.Cc1cccc(C)c1C.Cc1cccc(C)c1C.Cc1ccccc1C.Cc1ccccc1C. The Kier molecular flexibility index (Phi) is 33.4. The van der Waals surface area contributed by atoms with E-state index in [-0.39, 0.29) is 0 Å². The molecular weight excluding hydrogens is 1010 g/mol. The first kappa shape index (κ1) is 74.2. The van der Waals surface area contributed by atoms with Crippen LogP contribution in [0.15, 0.2) is 170 Å². The molecule has 0 aliphatic rings. The van der Waals surface area contributed by atoms with E-state index in [1.165, 1.54) is 139 Å². The van der Waals surface area contributed by atoms with Crippen LogP contribution in [0.4, 0.5) is 0 Å². The van der Waals surface area contributed by atoms with Crippen molar-refractivity contribution in [2.24, 2.45) is 0 Å². The molecule has 0 saturated carbocycles. The van der Waals surface area contributed by atoms with Gasteiger partial charge < -0.3 is 0 Å². The Morgan fingerprint density at radius 3 is 0.578 bits per heavy atom. The molecule has 0 heterocycles. The van der Waals surface area contributed by atoms with E-state index in [1.807, 2.05) is 0 Å². The lowest BCUT2D eigenvalue weighted by Gasteiger charge is -2.16. The van der Waals surface area contributed by atoms with Gasteiger partial charge in [-0.15, -0.1) is 0 Å². The third kappa shape index (κ3) is 29.3. The lowest BCUT2D eigenvalue weighted by atomic mass is 10.0. The van der Waals surface area contributed by atoms with Gasteiger partial charge in [0, 0.05) is 0 Å². The first-order chi connectivity index (χ1) is 38.7. The Hall–Kier alpha value is -6.80. The van der Waals surface area contributed by atoms with Crippen molar-refractivity contribution >= 4 is 13.3 Å². The van der Waals surface area contributed by atoms with Crippen molar-refractivity contribution in [1.29, 1.82) is 0 Å². The molecule has 0 aromatic heterocycles. The zero-order valence-corrected chi connectivity index (χ0v) is 58.7. The molecular formula is C82H112Si. The average Bonchev–Trinajstić information content (AvgIpc) is 3.42. The Balaban J connectivity index is 0.000000468. The van der Waals surface area contributed by atoms with E-state index in [4.69, 9.17) is 0 Å². The first-order valence-corrected chi connectivity index (χ1v) is 33.5. The van der Waals surface area contributed by atoms with Crippen molar-refractivity contribution in [2.45, 2.75) is 193 Å². The minimum absolute atomic E-state index is 1.06. The van der Waals surface area contributed by atoms with E-state index in [2.05, 4.69) is 363 Å². The fourth-order valence-corrected chi connectivity index (χ4v) is 9.63. The maximum atomic E-state index is 2.37. The van der Waals surface area contributed by atoms with Gasteiger partial charge in [-0.05, 0) is 284 Å². The predicted octanol–water partition coefficient (Wildman–Crippen LogP) is 23.4. The highest BCUT2D eigenvalue weighted by atomic mass is 28.3. The fourth-order valence-electron chi connectivity index (χ4n) is 8.46. The van der Waals surface area contributed by atoms with E-state index < -0.39 is 8.07 Å². The summed E-state index contributed by atoms with van der Waals surface area (Å²) in [5.74, 6) is 0. The van der Waals surface area contributed by atoms with Gasteiger partial charge in [0.1, 0.15) is 0 Å². The van der Waals surface area contributed by atoms with E-state index in [0.717, 1.165) is 0 Å². The summed E-state index contributed by atoms with van der Waals surface area (Å²) in [4.78, 5) is 0. The molecule has 0 nitrogen and oxygen atoms in total. The van der Waals surface area contributed by atoms with Crippen LogP contribution in [0.25, 0.3) is 0 Å². The second-order valence-electron chi connectivity index (χ2n) is 24.5. The van der Waals surface area contributed by atoms with E-state index in [0.29, 0.717) is 0 Å². The van der Waals surface area contributed by atoms with Crippen LogP contribution in [0, 0.1) is 173 Å². The lowest BCUT2D eigenvalue weighted by Crippen LogP contribution is -2.37. The summed E-state index contributed by atoms with van der Waals surface area (Å²) in [6, 6.07) is 60.3. The van der Waals surface area contributed by atoms with Gasteiger partial charge in [-0.25, -0.2) is 0 Å². The minimum atomic E-state index is -1.06. The summed E-state index contributed by atoms with van der Waals surface area (Å²) >= 11 is 0. The van der Waals surface area contributed by atoms with Gasteiger partial charge in [-0.2, -0.15) is 0 Å². The van der Waals surface area contributed by atoms with Crippen LogP contribution in [0.1, 0.15) is 139 Å². The molecule has 0 bridgehead atoms. The highest BCUT2D eigenvalue weighted by molar-refractivity contribution is 6.88. The molecule has 83 heavy (non-hydrogen) atoms. The second-order valence-corrected chi connectivity index (χ2v) is 29.6. The Bertz CT molecular complexity index is 3030. The molecule has 0 fully saturated rings. The van der Waals surface area contributed by atoms with Gasteiger partial charge in [0.25, 0.3) is 0 Å². The Labute approximate surface area is 512 Å². The third-order valence-corrected chi connectivity index (χ3v) is 18.1. The van der Waals surface area contributed by atoms with E-state index in [9.17, 15) is 0 Å². The highest BCUT2D eigenvalue weighted by Crippen LogP contribution is 2.16. The molecule has 9 aromatic carbocycles. The minimum Gasteiger partial charge on any atom is -0.0656 e. The molecule has 444 valence electrons. The second kappa shape index (κ2) is 37.4. The van der Waals surface area contributed by atoms with Crippen LogP contribution in [-0.4, -0.2) is 8.07 Å². The Morgan fingerprint density at radius 1 is 0.169 bits per heavy atom. The highest BCUT2D eigenvalue weighted by Gasteiger charge is 2.15. The van der Waals surface area contributed by atoms with Crippen LogP contribution in [0.5, 0.6) is 0 Å². The summed E-state index contributed by atoms with van der Waals surface area (Å²) in [6.07, 6.45) is 0. The van der Waals surface area contributed by atoms with Crippen molar-refractivity contribution in [3.05, 3.63) is 309 Å². The third-order valence-electron chi connectivity index (χ3n) is 16.0. The zero-order valence-electron chi connectivity index (χ0n) is 57.7. The smallest absolute Gasteiger partial charge is 0.0656 e. The average molecular weight is 1130 g/mol. The Morgan fingerprint density at radius 2 is 0.373 bits per heavy atom. The molecule has 0 radical (unpaired) electrons. The van der Waals surface area contributed by atoms with E-state index >= 15 is 0 Å². The van der Waals surface area contributed by atoms with Gasteiger partial charge in [0.2, 0.25) is 0 Å². The molecule has 9 rings (SSSR count). The van der Waals surface area contributed by atoms with Gasteiger partial charge in [0.05, 0.1) is 8.07 Å². The normalized spacial score (nSPS) is 9.93. The molecule has 0 amide bonds. The van der Waals surface area contributed by atoms with Crippen molar-refractivity contribution < 1.29 is 0 Å². The monoisotopic (exact) mass is 1120 g/mol. The van der Waals surface area contributed by atoms with Crippen molar-refractivity contribution in [3.8, 4) is 0 Å². The molecule has 0 aliphatic heterocycles. The molecule has 9 aromatic rings. The number of aryl methyl sites for hydroxylation is 21. The van der Waals surface area contributed by atoms with Crippen LogP contribution >= 0.6 is 0 Å². The maximum Gasteiger partial charge on any atom is 0.0775 e. The maximum absolute atomic E-state index is 2.37. The summed E-state index contributed by atoms with van der Waals surface area (Å²) in [6.45, 7) is 60.7. The molecule has 0 atom stereocenters. The van der Waals surface area contributed by atoms with Crippen molar-refractivity contribution in [1.82, 2.24) is 0 Å². The van der Waals surface area contributed by atoms with E-state index in [1.54, 1.807) is 5.19 Å². The van der Waals surface area contributed by atoms with Crippen LogP contribution < -0.4 is 5.19 Å². The number of hydrogen-bond acceptors (Lipinski definition) is 0. The molecule has 0 N–H and O–H groups in total. The molecule has 0 unspecified atom stereocenters. The zero-order chi connectivity index (χ0) is 63.3. The van der Waals surface area contributed by atoms with Gasteiger partial charge >= 0.3 is 0 Å². The van der Waals surface area contributed by atoms with Crippen molar-refractivity contribution in [3.63, 3.8) is 0 Å². The van der Waals surface area contributed by atoms with Gasteiger partial charge in [-0.3, -0.25) is 0 Å². The molecule has 0 spiro atoms. The number of hydrogen-bond donors (Lipinski definition) is 0. The van der Waals surface area contributed by atoms with Gasteiger partial charge in [-0.1, -0.05) is 223 Å². The van der Waals surface area contributed by atoms with Crippen LogP contribution in [-0.2, 0) is 0 Å². The topological polar surface area (TPSA) is 0 Å². The molecule has 1 heteroatoms. The largest absolute Gasteiger partial charge is 0.0775 e. The summed E-state index contributed by atoms with van der Waals surface area (Å²) in [7, 11) is -1.06. The summed E-state index contributed by atoms with van der Waals surface area (Å²) in [5.41, 5.74) is 34.6. The number of benzene rings is 9. The van der Waals surface area contributed by atoms with Gasteiger partial charge in [0.15, 0.2) is 0 Å². The summed E-state index contributed by atoms with van der Waals surface area (Å²) < 4.78 is 0. The standard InChI is InChI=1S/C10H16Si.2C10H14.4C9H12.2C8H10/c1-9-5-7-10(8-6-9)11(2,3)4;2*1-7-5-8(2)10(4)9(3)6-7;2*1-7-4-5-8(2)9(3)6-7;2*1-7-5-4-6-8(2)9(7)3;2*1-7-5-3-4-6-8(7)2/h5-8H,1-4H3;2*5-6H,1-4H3;4*4-6H,1-3H3;2*3-6H,1-2H3. The first-order valence-electron chi connectivity index (χ1n) is 30.0. The quantitative estimate of drug-likeness (QED) is 0.144. The summed E-state index contributed by atoms with van der Waals surface area (Å²) in [5, 5.41) is 1.54. The number of rotatable bonds is 1. The molecule has 0 saturated heterocycles. The lowest BCUT2D eigenvalue weighted by molar-refractivity contribution is 1.23. The molecule has 0 aliphatic carbocycles. The van der Waals surface area contributed by atoms with Crippen LogP contribution in [0.3, 0.4) is 0 Å².